The van der Waals surface area contributed by atoms with Crippen molar-refractivity contribution in [3.05, 3.63) is 30.6 Å². The highest BCUT2D eigenvalue weighted by atomic mass is 15.1. The molecule has 18 heavy (non-hydrogen) atoms. The lowest BCUT2D eigenvalue weighted by atomic mass is 10.1. The van der Waals surface area contributed by atoms with Crippen molar-refractivity contribution < 1.29 is 0 Å². The second-order valence-electron chi connectivity index (χ2n) is 4.88. The summed E-state index contributed by atoms with van der Waals surface area (Å²) in [4.78, 5) is 6.64. The summed E-state index contributed by atoms with van der Waals surface area (Å²) in [5, 5.41) is 2.23. The Morgan fingerprint density at radius 3 is 2.67 bits per heavy atom. The Labute approximate surface area is 109 Å². The van der Waals surface area contributed by atoms with E-state index in [1.807, 2.05) is 18.3 Å². The van der Waals surface area contributed by atoms with Gasteiger partial charge in [-0.25, -0.2) is 0 Å². The van der Waals surface area contributed by atoms with Crippen LogP contribution in [0.2, 0.25) is 0 Å². The predicted molar refractivity (Wildman–Crippen MR) is 78.9 cm³/mol. The van der Waals surface area contributed by atoms with E-state index in [1.54, 1.807) is 6.20 Å². The SMILES string of the molecule is CCCN(c1ccc(N)c2ccncc12)C(C)C. The number of nitrogen functional groups attached to an aromatic ring is 1. The van der Waals surface area contributed by atoms with Gasteiger partial charge in [0.05, 0.1) is 0 Å². The molecule has 1 aromatic carbocycles. The molecule has 2 rings (SSSR count). The molecule has 1 aromatic heterocycles. The Bertz CT molecular complexity index is 534. The number of nitrogens with zero attached hydrogens (tertiary/aromatic N) is 2. The largest absolute Gasteiger partial charge is 0.398 e. The van der Waals surface area contributed by atoms with Gasteiger partial charge >= 0.3 is 0 Å². The average Bonchev–Trinajstić information content (AvgIpc) is 2.37. The fraction of sp³-hybridized carbons (Fsp3) is 0.400. The molecule has 2 aromatic rings. The lowest BCUT2D eigenvalue weighted by Gasteiger charge is -2.30. The van der Waals surface area contributed by atoms with Crippen molar-refractivity contribution in [3.8, 4) is 0 Å². The number of pyridine rings is 1. The minimum absolute atomic E-state index is 0.469. The molecule has 3 nitrogen and oxygen atoms in total. The molecule has 0 saturated heterocycles. The first-order valence-electron chi connectivity index (χ1n) is 6.54. The van der Waals surface area contributed by atoms with Crippen LogP contribution in [0, 0.1) is 0 Å². The molecule has 0 spiro atoms. The lowest BCUT2D eigenvalue weighted by Crippen LogP contribution is -2.31. The summed E-state index contributed by atoms with van der Waals surface area (Å²) in [6, 6.07) is 6.55. The van der Waals surface area contributed by atoms with E-state index in [2.05, 4.69) is 36.7 Å². The van der Waals surface area contributed by atoms with E-state index in [0.29, 0.717) is 6.04 Å². The first-order valence-corrected chi connectivity index (χ1v) is 6.54. The third-order valence-electron chi connectivity index (χ3n) is 3.23. The molecule has 0 bridgehead atoms. The van der Waals surface area contributed by atoms with Gasteiger partial charge in [-0.2, -0.15) is 0 Å². The normalized spacial score (nSPS) is 11.1. The van der Waals surface area contributed by atoms with E-state index in [4.69, 9.17) is 5.73 Å². The standard InChI is InChI=1S/C15H21N3/c1-4-9-18(11(2)3)15-6-5-14(16)12-7-8-17-10-13(12)15/h5-8,10-11H,4,9,16H2,1-3H3. The summed E-state index contributed by atoms with van der Waals surface area (Å²) in [7, 11) is 0. The topological polar surface area (TPSA) is 42.1 Å². The number of hydrogen-bond acceptors (Lipinski definition) is 3. The van der Waals surface area contributed by atoms with E-state index < -0.39 is 0 Å². The molecule has 0 aliphatic carbocycles. The molecule has 0 fully saturated rings. The molecule has 1 heterocycles. The first kappa shape index (κ1) is 12.7. The molecule has 3 heteroatoms. The average molecular weight is 243 g/mol. The van der Waals surface area contributed by atoms with Crippen molar-refractivity contribution in [3.63, 3.8) is 0 Å². The van der Waals surface area contributed by atoms with Gasteiger partial charge in [0.2, 0.25) is 0 Å². The van der Waals surface area contributed by atoms with E-state index in [0.717, 1.165) is 29.4 Å². The minimum atomic E-state index is 0.469. The summed E-state index contributed by atoms with van der Waals surface area (Å²) >= 11 is 0. The maximum Gasteiger partial charge on any atom is 0.0465 e. The van der Waals surface area contributed by atoms with Crippen LogP contribution in [0.3, 0.4) is 0 Å². The highest BCUT2D eigenvalue weighted by molar-refractivity contribution is 6.00. The van der Waals surface area contributed by atoms with E-state index >= 15 is 0 Å². The quantitative estimate of drug-likeness (QED) is 0.836. The molecular weight excluding hydrogens is 222 g/mol. The van der Waals surface area contributed by atoms with Crippen molar-refractivity contribution in [1.82, 2.24) is 4.98 Å². The fourth-order valence-electron chi connectivity index (χ4n) is 2.35. The summed E-state index contributed by atoms with van der Waals surface area (Å²) < 4.78 is 0. The number of aromatic nitrogens is 1. The molecule has 0 saturated carbocycles. The van der Waals surface area contributed by atoms with Crippen LogP contribution < -0.4 is 10.6 Å². The molecule has 0 radical (unpaired) electrons. The van der Waals surface area contributed by atoms with Gasteiger partial charge in [0, 0.05) is 47.1 Å². The molecule has 0 atom stereocenters. The zero-order chi connectivity index (χ0) is 13.1. The predicted octanol–water partition coefficient (Wildman–Crippen LogP) is 3.44. The van der Waals surface area contributed by atoms with Crippen LogP contribution in [0.25, 0.3) is 10.8 Å². The minimum Gasteiger partial charge on any atom is -0.398 e. The Hall–Kier alpha value is -1.77. The number of hydrogen-bond donors (Lipinski definition) is 1. The number of benzene rings is 1. The van der Waals surface area contributed by atoms with Crippen molar-refractivity contribution in [1.29, 1.82) is 0 Å². The number of fused-ring (bicyclic) bond motifs is 1. The maximum absolute atomic E-state index is 6.03. The second kappa shape index (κ2) is 5.25. The number of rotatable bonds is 4. The Kier molecular flexibility index (Phi) is 3.70. The summed E-state index contributed by atoms with van der Waals surface area (Å²) in [6.45, 7) is 7.68. The van der Waals surface area contributed by atoms with Crippen LogP contribution in [0.1, 0.15) is 27.2 Å². The van der Waals surface area contributed by atoms with Crippen LogP contribution in [-0.4, -0.2) is 17.6 Å². The Morgan fingerprint density at radius 2 is 2.00 bits per heavy atom. The van der Waals surface area contributed by atoms with E-state index in [-0.39, 0.29) is 0 Å². The molecule has 0 aliphatic rings. The van der Waals surface area contributed by atoms with Gasteiger partial charge in [-0.15, -0.1) is 0 Å². The summed E-state index contributed by atoms with van der Waals surface area (Å²) in [6.07, 6.45) is 4.83. The van der Waals surface area contributed by atoms with Crippen LogP contribution >= 0.6 is 0 Å². The van der Waals surface area contributed by atoms with Crippen molar-refractivity contribution >= 4 is 22.1 Å². The van der Waals surface area contributed by atoms with E-state index in [1.165, 1.54) is 5.69 Å². The molecule has 0 unspecified atom stereocenters. The molecular formula is C15H21N3. The lowest BCUT2D eigenvalue weighted by molar-refractivity contribution is 0.673. The molecule has 0 amide bonds. The van der Waals surface area contributed by atoms with Gasteiger partial charge in [-0.1, -0.05) is 6.92 Å². The van der Waals surface area contributed by atoms with E-state index in [9.17, 15) is 0 Å². The molecule has 96 valence electrons. The van der Waals surface area contributed by atoms with Crippen LogP contribution in [0.15, 0.2) is 30.6 Å². The fourth-order valence-corrected chi connectivity index (χ4v) is 2.35. The zero-order valence-electron chi connectivity index (χ0n) is 11.4. The van der Waals surface area contributed by atoms with Crippen molar-refractivity contribution in [2.75, 3.05) is 17.2 Å². The van der Waals surface area contributed by atoms with Gasteiger partial charge in [-0.05, 0) is 38.5 Å². The third kappa shape index (κ3) is 2.26. The summed E-state index contributed by atoms with van der Waals surface area (Å²) in [5.74, 6) is 0. The summed E-state index contributed by atoms with van der Waals surface area (Å²) in [5.41, 5.74) is 8.07. The second-order valence-corrected chi connectivity index (χ2v) is 4.88. The highest BCUT2D eigenvalue weighted by Gasteiger charge is 2.13. The third-order valence-corrected chi connectivity index (χ3v) is 3.23. The van der Waals surface area contributed by atoms with Gasteiger partial charge in [0.25, 0.3) is 0 Å². The highest BCUT2D eigenvalue weighted by Crippen LogP contribution is 2.31. The Balaban J connectivity index is 2.59. The number of anilines is 2. The van der Waals surface area contributed by atoms with Crippen LogP contribution in [0.4, 0.5) is 11.4 Å². The monoisotopic (exact) mass is 243 g/mol. The van der Waals surface area contributed by atoms with Crippen LogP contribution in [-0.2, 0) is 0 Å². The first-order chi connectivity index (χ1) is 8.65. The smallest absolute Gasteiger partial charge is 0.0465 e. The Morgan fingerprint density at radius 1 is 1.22 bits per heavy atom. The van der Waals surface area contributed by atoms with Crippen molar-refractivity contribution in [2.24, 2.45) is 0 Å². The number of nitrogens with two attached hydrogens (primary N) is 1. The maximum atomic E-state index is 6.03. The molecule has 0 aliphatic heterocycles. The van der Waals surface area contributed by atoms with Gasteiger partial charge < -0.3 is 10.6 Å². The van der Waals surface area contributed by atoms with Gasteiger partial charge in [0.1, 0.15) is 0 Å². The van der Waals surface area contributed by atoms with Crippen LogP contribution in [0.5, 0.6) is 0 Å². The van der Waals surface area contributed by atoms with Gasteiger partial charge in [0.15, 0.2) is 0 Å². The molecule has 2 N–H and O–H groups in total. The van der Waals surface area contributed by atoms with Gasteiger partial charge in [-0.3, -0.25) is 4.98 Å². The zero-order valence-corrected chi connectivity index (χ0v) is 11.4. The van der Waals surface area contributed by atoms with Crippen molar-refractivity contribution in [2.45, 2.75) is 33.2 Å².